The van der Waals surface area contributed by atoms with Crippen molar-refractivity contribution in [3.8, 4) is 23.3 Å². The second kappa shape index (κ2) is 19.6. The van der Waals surface area contributed by atoms with Gasteiger partial charge in [-0.05, 0) is 138 Å². The van der Waals surface area contributed by atoms with Crippen LogP contribution in [0.3, 0.4) is 0 Å². The van der Waals surface area contributed by atoms with E-state index in [0.717, 1.165) is 46.2 Å². The summed E-state index contributed by atoms with van der Waals surface area (Å²) in [5.41, 5.74) is 17.9. The number of nitrogens with two attached hydrogens (primary N) is 2. The van der Waals surface area contributed by atoms with Gasteiger partial charge in [-0.15, -0.1) is 0 Å². The first kappa shape index (κ1) is 47.3. The molecule has 0 amide bonds. The summed E-state index contributed by atoms with van der Waals surface area (Å²) in [6, 6.07) is 28.8. The molecule has 1 saturated heterocycles. The van der Waals surface area contributed by atoms with E-state index in [2.05, 4.69) is 18.8 Å². The van der Waals surface area contributed by atoms with E-state index < -0.39 is 39.0 Å². The molecule has 65 heavy (non-hydrogen) atoms. The van der Waals surface area contributed by atoms with Gasteiger partial charge in [-0.3, -0.25) is 0 Å². The average molecular weight is 908 g/mol. The number of aliphatic hydroxyl groups is 2. The SMILES string of the molecule is C[C@@H]1CCc2cc3ccc2[C@H]1C[C@@H](S(=O)(=O)[O-])[C@H]1C=C2C[C@H](C[C@H]4C[C@@H](CO)CC#Cc5cc(O)ccc5[C@@H]2O4)[C@@H]1c1ccc(cc1)[C@](C[C@H](CO)Cc1ccccc1)(N=C(N)N)O3.[Na+]. The van der Waals surface area contributed by atoms with Gasteiger partial charge < -0.3 is 40.8 Å². The van der Waals surface area contributed by atoms with Crippen LogP contribution in [0, 0.1) is 41.4 Å². The minimum atomic E-state index is -4.90. The normalized spacial score (nSPS) is 29.5. The zero-order valence-corrected chi connectivity index (χ0v) is 40.0. The minimum Gasteiger partial charge on any atom is -0.748 e. The van der Waals surface area contributed by atoms with E-state index in [1.165, 1.54) is 0 Å². The van der Waals surface area contributed by atoms with Gasteiger partial charge in [-0.25, -0.2) is 13.4 Å². The molecule has 4 aromatic carbocycles. The number of hydrogen-bond donors (Lipinski definition) is 5. The van der Waals surface area contributed by atoms with E-state index in [1.807, 2.05) is 84.9 Å². The Balaban J connectivity index is 0.00000576. The van der Waals surface area contributed by atoms with E-state index in [4.69, 9.17) is 25.9 Å². The number of phenols is 1. The number of nitrogens with zero attached hydrogens (tertiary/aromatic N) is 1. The fourth-order valence-corrected chi connectivity index (χ4v) is 12.8. The predicted molar refractivity (Wildman–Crippen MR) is 244 cm³/mol. The summed E-state index contributed by atoms with van der Waals surface area (Å²) >= 11 is 0. The molecular formula is C52H58N3NaO8S. The largest absolute Gasteiger partial charge is 1.00 e. The molecule has 0 saturated carbocycles. The zero-order chi connectivity index (χ0) is 44.8. The van der Waals surface area contributed by atoms with Crippen molar-refractivity contribution in [1.29, 1.82) is 0 Å². The van der Waals surface area contributed by atoms with Crippen LogP contribution in [0.5, 0.6) is 11.5 Å². The Bertz CT molecular complexity index is 2590. The topological polar surface area (TPSA) is 201 Å². The molecule has 4 aromatic rings. The number of phenolic OH excluding ortho intramolecular Hbond substituents is 1. The summed E-state index contributed by atoms with van der Waals surface area (Å²) in [6.07, 6.45) is 5.69. The summed E-state index contributed by atoms with van der Waals surface area (Å²) in [5.74, 6) is 5.03. The molecule has 13 heteroatoms. The quantitative estimate of drug-likeness (QED) is 0.0429. The van der Waals surface area contributed by atoms with E-state index in [9.17, 15) is 28.3 Å². The summed E-state index contributed by atoms with van der Waals surface area (Å²) in [5, 5.41) is 30.7. The molecule has 0 unspecified atom stereocenters. The Morgan fingerprint density at radius 1 is 0.985 bits per heavy atom. The molecule has 7 aliphatic rings. The van der Waals surface area contributed by atoms with Gasteiger partial charge in [-0.1, -0.05) is 91.6 Å². The Kier molecular flexibility index (Phi) is 14.3. The first-order chi connectivity index (χ1) is 30.8. The molecule has 2 aliphatic carbocycles. The predicted octanol–water partition coefficient (Wildman–Crippen LogP) is 4.06. The number of allylic oxidation sites excluding steroid dienone is 1. The number of fused-ring (bicyclic) bond motifs is 9. The first-order valence-electron chi connectivity index (χ1n) is 22.7. The number of aryl methyl sites for hydroxylation is 1. The molecule has 0 aromatic heterocycles. The van der Waals surface area contributed by atoms with Gasteiger partial charge in [0.2, 0.25) is 5.72 Å². The maximum absolute atomic E-state index is 14.1. The van der Waals surface area contributed by atoms with Gasteiger partial charge in [0.05, 0.1) is 21.5 Å². The molecule has 336 valence electrons. The fraction of sp³-hybridized carbons (Fsp3) is 0.442. The fourth-order valence-electron chi connectivity index (χ4n) is 11.7. The van der Waals surface area contributed by atoms with Crippen molar-refractivity contribution in [3.63, 3.8) is 0 Å². The van der Waals surface area contributed by atoms with Crippen LogP contribution < -0.4 is 45.8 Å². The third-order valence-corrected chi connectivity index (χ3v) is 16.0. The van der Waals surface area contributed by atoms with Crippen molar-refractivity contribution in [1.82, 2.24) is 0 Å². The van der Waals surface area contributed by atoms with Crippen LogP contribution >= 0.6 is 0 Å². The number of hydrogen-bond acceptors (Lipinski definition) is 9. The van der Waals surface area contributed by atoms with Gasteiger partial charge in [-0.2, -0.15) is 0 Å². The second-order valence-electron chi connectivity index (χ2n) is 19.0. The Labute approximate surface area is 404 Å². The number of ether oxygens (including phenoxy) is 2. The van der Waals surface area contributed by atoms with Crippen molar-refractivity contribution in [2.24, 2.45) is 46.0 Å². The number of aliphatic imine (C=N–C) groups is 1. The molecule has 11 atom stereocenters. The molecule has 11 nitrogen and oxygen atoms in total. The summed E-state index contributed by atoms with van der Waals surface area (Å²) in [6.45, 7) is 1.92. The van der Waals surface area contributed by atoms with Gasteiger partial charge in [0, 0.05) is 42.7 Å². The molecule has 5 heterocycles. The molecule has 0 radical (unpaired) electrons. The number of aliphatic hydroxyl groups excluding tert-OH is 2. The van der Waals surface area contributed by atoms with E-state index in [1.54, 1.807) is 12.1 Å². The number of aromatic hydroxyl groups is 1. The third-order valence-electron chi connectivity index (χ3n) is 14.7. The van der Waals surface area contributed by atoms with Crippen molar-refractivity contribution in [2.75, 3.05) is 13.2 Å². The average Bonchev–Trinajstić information content (AvgIpc) is 3.40. The monoisotopic (exact) mass is 907 g/mol. The van der Waals surface area contributed by atoms with E-state index in [0.29, 0.717) is 49.0 Å². The first-order valence-corrected chi connectivity index (χ1v) is 24.2. The Hall–Kier alpha value is -4.16. The van der Waals surface area contributed by atoms with Crippen LogP contribution in [0.25, 0.3) is 0 Å². The molecular weight excluding hydrogens is 850 g/mol. The molecule has 11 rings (SSSR count). The Morgan fingerprint density at radius 2 is 1.75 bits per heavy atom. The standard InChI is InChI=1S/C52H59N3O8S.Na/c1-31-10-11-37-24-42-17-19-44(37)46(31)27-48(64(59,60)61)47-26-39-22-38(25-43-21-33(29-56)8-5-9-36-23-41(58)16-18-45(36)50(39)62-43)49(47)35-12-14-40(15-13-35)52(63-42,55-51(53)54)28-34(30-57)20-32-6-3-2-4-7-32;/h2-4,6-7,12-19,23-24,26,31,33-34,38,43,46-50,56-58H,8,10-11,20-22,25,27-30H2,1H3,(H4,53,54,55)(H,59,60,61);/q;+1/p-1/t31-,33+,34-,38-,43-,46+,47-,48-,49+,50-,52-;/m1./s1. The van der Waals surface area contributed by atoms with Crippen LogP contribution in [0.15, 0.2) is 108 Å². The van der Waals surface area contributed by atoms with Gasteiger partial charge >= 0.3 is 29.6 Å². The minimum absolute atomic E-state index is 0. The van der Waals surface area contributed by atoms with Crippen LogP contribution in [0.2, 0.25) is 0 Å². The molecule has 1 fully saturated rings. The second-order valence-corrected chi connectivity index (χ2v) is 20.6. The Morgan fingerprint density at radius 3 is 2.48 bits per heavy atom. The molecule has 5 aliphatic heterocycles. The van der Waals surface area contributed by atoms with Crippen molar-refractivity contribution in [2.45, 2.75) is 99.7 Å². The molecule has 7 N–H and O–H groups in total. The number of rotatable bonds is 8. The van der Waals surface area contributed by atoms with Crippen molar-refractivity contribution in [3.05, 3.63) is 142 Å². The maximum Gasteiger partial charge on any atom is 1.00 e. The van der Waals surface area contributed by atoms with E-state index >= 15 is 0 Å². The third kappa shape index (κ3) is 9.95. The summed E-state index contributed by atoms with van der Waals surface area (Å²) < 4.78 is 56.3. The molecule has 0 spiro atoms. The van der Waals surface area contributed by atoms with Gasteiger partial charge in [0.15, 0.2) is 5.96 Å². The van der Waals surface area contributed by atoms with Crippen LogP contribution in [0.1, 0.15) is 109 Å². The van der Waals surface area contributed by atoms with Crippen molar-refractivity contribution >= 4 is 16.1 Å². The van der Waals surface area contributed by atoms with Gasteiger partial charge in [0.1, 0.15) is 17.6 Å². The van der Waals surface area contributed by atoms with E-state index in [-0.39, 0.29) is 103 Å². The molecule has 10 bridgehead atoms. The van der Waals surface area contributed by atoms with Crippen molar-refractivity contribution < 1.29 is 67.3 Å². The van der Waals surface area contributed by atoms with Crippen LogP contribution in [0.4, 0.5) is 0 Å². The summed E-state index contributed by atoms with van der Waals surface area (Å²) in [4.78, 5) is 4.87. The summed E-state index contributed by atoms with van der Waals surface area (Å²) in [7, 11) is -4.90. The van der Waals surface area contributed by atoms with Crippen LogP contribution in [-0.2, 0) is 33.4 Å². The zero-order valence-electron chi connectivity index (χ0n) is 37.2. The number of benzene rings is 4. The van der Waals surface area contributed by atoms with Gasteiger partial charge in [0.25, 0.3) is 0 Å². The number of guanidine groups is 1. The van der Waals surface area contributed by atoms with Crippen LogP contribution in [-0.4, -0.2) is 58.8 Å². The maximum atomic E-state index is 14.1. The smallest absolute Gasteiger partial charge is 0.748 e.